The van der Waals surface area contributed by atoms with Gasteiger partial charge in [-0.2, -0.15) is 0 Å². The van der Waals surface area contributed by atoms with Gasteiger partial charge in [0.1, 0.15) is 0 Å². The molecule has 8 nitrogen and oxygen atoms in total. The molecule has 0 bridgehead atoms. The zero-order valence-corrected chi connectivity index (χ0v) is 16.4. The highest BCUT2D eigenvalue weighted by molar-refractivity contribution is 5.98. The minimum atomic E-state index is -0.752. The van der Waals surface area contributed by atoms with E-state index in [1.165, 1.54) is 0 Å². The number of benzene rings is 1. The minimum absolute atomic E-state index is 0.173. The average Bonchev–Trinajstić information content (AvgIpc) is 3.13. The van der Waals surface area contributed by atoms with E-state index in [9.17, 15) is 9.59 Å². The van der Waals surface area contributed by atoms with Gasteiger partial charge in [0.05, 0.1) is 41.8 Å². The molecule has 148 valence electrons. The number of fused-ring (bicyclic) bond motifs is 1. The molecule has 3 heterocycles. The highest BCUT2D eigenvalue weighted by Gasteiger charge is 2.38. The number of imidazole rings is 1. The van der Waals surface area contributed by atoms with Crippen molar-refractivity contribution in [2.24, 2.45) is 7.05 Å². The molecular formula is C21H22N6O2. The van der Waals surface area contributed by atoms with Crippen molar-refractivity contribution in [3.8, 4) is 0 Å². The monoisotopic (exact) mass is 390 g/mol. The zero-order valence-electron chi connectivity index (χ0n) is 16.4. The second-order valence-corrected chi connectivity index (χ2v) is 7.07. The van der Waals surface area contributed by atoms with Crippen molar-refractivity contribution < 1.29 is 9.59 Å². The van der Waals surface area contributed by atoms with Crippen LogP contribution in [-0.4, -0.2) is 42.8 Å². The second kappa shape index (κ2) is 7.83. The van der Waals surface area contributed by atoms with Crippen LogP contribution < -0.4 is 5.32 Å². The van der Waals surface area contributed by atoms with Gasteiger partial charge in [0, 0.05) is 31.8 Å². The van der Waals surface area contributed by atoms with Crippen LogP contribution in [0.2, 0.25) is 0 Å². The number of carbonyl (C=O) groups is 2. The summed E-state index contributed by atoms with van der Waals surface area (Å²) in [5, 5.41) is 2.91. The van der Waals surface area contributed by atoms with Crippen molar-refractivity contribution in [2.45, 2.75) is 25.9 Å². The Kier molecular flexibility index (Phi) is 5.07. The molecule has 2 amide bonds. The lowest BCUT2D eigenvalue weighted by atomic mass is 10.00. The third-order valence-electron chi connectivity index (χ3n) is 5.03. The maximum Gasteiger partial charge on any atom is 0.254 e. The maximum atomic E-state index is 13.2. The van der Waals surface area contributed by atoms with Crippen LogP contribution in [0.25, 0.3) is 0 Å². The molecule has 0 saturated carbocycles. The Morgan fingerprint density at radius 1 is 1.14 bits per heavy atom. The topological polar surface area (TPSA) is 93.0 Å². The van der Waals surface area contributed by atoms with E-state index in [4.69, 9.17) is 0 Å². The van der Waals surface area contributed by atoms with Crippen molar-refractivity contribution in [1.29, 1.82) is 0 Å². The molecule has 3 aromatic rings. The van der Waals surface area contributed by atoms with E-state index < -0.39 is 6.04 Å². The third kappa shape index (κ3) is 3.73. The predicted octanol–water partition coefficient (Wildman–Crippen LogP) is 1.57. The van der Waals surface area contributed by atoms with Crippen molar-refractivity contribution in [1.82, 2.24) is 29.7 Å². The fraction of sp³-hybridized carbons (Fsp3) is 0.286. The van der Waals surface area contributed by atoms with Gasteiger partial charge in [-0.1, -0.05) is 18.2 Å². The molecule has 1 unspecified atom stereocenters. The molecule has 2 aromatic heterocycles. The summed E-state index contributed by atoms with van der Waals surface area (Å²) in [5.41, 5.74) is 3.62. The summed E-state index contributed by atoms with van der Waals surface area (Å²) in [4.78, 5) is 40.9. The summed E-state index contributed by atoms with van der Waals surface area (Å²) >= 11 is 0. The smallest absolute Gasteiger partial charge is 0.254 e. The number of amides is 2. The first-order valence-corrected chi connectivity index (χ1v) is 9.46. The van der Waals surface area contributed by atoms with Gasteiger partial charge in [-0.15, -0.1) is 0 Å². The summed E-state index contributed by atoms with van der Waals surface area (Å²) in [6.07, 6.45) is 5.60. The Morgan fingerprint density at radius 3 is 2.66 bits per heavy atom. The molecule has 1 aliphatic rings. The Bertz CT molecular complexity index is 1030. The maximum absolute atomic E-state index is 13.2. The van der Waals surface area contributed by atoms with Crippen molar-refractivity contribution in [3.63, 3.8) is 0 Å². The average molecular weight is 390 g/mol. The molecule has 4 rings (SSSR count). The van der Waals surface area contributed by atoms with Crippen LogP contribution in [0.15, 0.2) is 49.1 Å². The molecule has 1 aromatic carbocycles. The summed E-state index contributed by atoms with van der Waals surface area (Å²) in [7, 11) is 1.84. The lowest BCUT2D eigenvalue weighted by Crippen LogP contribution is -2.47. The molecule has 29 heavy (non-hydrogen) atoms. The number of aromatic nitrogens is 4. The standard InChI is InChI=1S/C21H22N6O2/c1-14-10-23-16(11-22-14)12-24-20(28)19-18-17(25-13-26(18)2)8-9-27(19)21(29)15-6-4-3-5-7-15/h3-7,10-11,13,19H,8-9,12H2,1-2H3,(H,24,28). The molecule has 1 aliphatic heterocycles. The molecular weight excluding hydrogens is 368 g/mol. The van der Waals surface area contributed by atoms with Crippen LogP contribution in [0, 0.1) is 6.92 Å². The van der Waals surface area contributed by atoms with E-state index in [0.717, 1.165) is 17.1 Å². The molecule has 0 fully saturated rings. The SMILES string of the molecule is Cc1cnc(CNC(=O)C2c3c(ncn3C)CCN2C(=O)c2ccccc2)cn1. The Labute approximate surface area is 168 Å². The lowest BCUT2D eigenvalue weighted by molar-refractivity contribution is -0.126. The number of hydrogen-bond acceptors (Lipinski definition) is 5. The number of nitrogens with one attached hydrogen (secondary N) is 1. The molecule has 0 aliphatic carbocycles. The molecule has 0 radical (unpaired) electrons. The van der Waals surface area contributed by atoms with Gasteiger partial charge < -0.3 is 14.8 Å². The Morgan fingerprint density at radius 2 is 1.93 bits per heavy atom. The number of hydrogen-bond donors (Lipinski definition) is 1. The van der Waals surface area contributed by atoms with Gasteiger partial charge in [-0.05, 0) is 19.1 Å². The van der Waals surface area contributed by atoms with Crippen LogP contribution in [0.4, 0.5) is 0 Å². The quantitative estimate of drug-likeness (QED) is 0.730. The molecule has 0 saturated heterocycles. The summed E-state index contributed by atoms with van der Waals surface area (Å²) in [6.45, 7) is 2.53. The fourth-order valence-electron chi connectivity index (χ4n) is 3.55. The van der Waals surface area contributed by atoms with Crippen LogP contribution in [0.3, 0.4) is 0 Å². The molecule has 1 atom stereocenters. The van der Waals surface area contributed by atoms with Gasteiger partial charge in [0.15, 0.2) is 6.04 Å². The Balaban J connectivity index is 1.61. The summed E-state index contributed by atoms with van der Waals surface area (Å²) in [6, 6.07) is 8.27. The zero-order chi connectivity index (χ0) is 20.4. The van der Waals surface area contributed by atoms with Gasteiger partial charge in [-0.3, -0.25) is 19.6 Å². The molecule has 1 N–H and O–H groups in total. The van der Waals surface area contributed by atoms with Crippen LogP contribution >= 0.6 is 0 Å². The molecule has 8 heteroatoms. The Hall–Kier alpha value is -3.55. The summed E-state index contributed by atoms with van der Waals surface area (Å²) < 4.78 is 1.82. The van der Waals surface area contributed by atoms with Gasteiger partial charge in [0.25, 0.3) is 5.91 Å². The van der Waals surface area contributed by atoms with Crippen molar-refractivity contribution in [3.05, 3.63) is 77.4 Å². The van der Waals surface area contributed by atoms with Gasteiger partial charge in [0.2, 0.25) is 5.91 Å². The highest BCUT2D eigenvalue weighted by Crippen LogP contribution is 2.30. The van der Waals surface area contributed by atoms with E-state index in [0.29, 0.717) is 24.2 Å². The number of aryl methyl sites for hydroxylation is 2. The van der Waals surface area contributed by atoms with E-state index in [1.807, 2.05) is 36.7 Å². The van der Waals surface area contributed by atoms with Gasteiger partial charge in [-0.25, -0.2) is 4.98 Å². The first-order chi connectivity index (χ1) is 14.0. The number of carbonyl (C=O) groups excluding carboxylic acids is 2. The van der Waals surface area contributed by atoms with Crippen LogP contribution in [0.5, 0.6) is 0 Å². The lowest BCUT2D eigenvalue weighted by Gasteiger charge is -2.35. The summed E-state index contributed by atoms with van der Waals surface area (Å²) in [5.74, 6) is -0.436. The first-order valence-electron chi connectivity index (χ1n) is 9.46. The van der Waals surface area contributed by atoms with Crippen LogP contribution in [0.1, 0.15) is 39.2 Å². The van der Waals surface area contributed by atoms with Gasteiger partial charge >= 0.3 is 0 Å². The first kappa shape index (κ1) is 18.8. The minimum Gasteiger partial charge on any atom is -0.348 e. The van der Waals surface area contributed by atoms with E-state index in [2.05, 4.69) is 20.3 Å². The van der Waals surface area contributed by atoms with E-state index >= 15 is 0 Å². The van der Waals surface area contributed by atoms with E-state index in [-0.39, 0.29) is 18.4 Å². The number of nitrogens with zero attached hydrogens (tertiary/aromatic N) is 5. The largest absolute Gasteiger partial charge is 0.348 e. The highest BCUT2D eigenvalue weighted by atomic mass is 16.2. The normalized spacial score (nSPS) is 15.7. The molecule has 0 spiro atoms. The third-order valence-corrected chi connectivity index (χ3v) is 5.03. The predicted molar refractivity (Wildman–Crippen MR) is 106 cm³/mol. The second-order valence-electron chi connectivity index (χ2n) is 7.07. The number of rotatable bonds is 4. The van der Waals surface area contributed by atoms with Crippen LogP contribution in [-0.2, 0) is 24.8 Å². The van der Waals surface area contributed by atoms with E-state index in [1.54, 1.807) is 35.8 Å². The van der Waals surface area contributed by atoms with Crippen molar-refractivity contribution in [2.75, 3.05) is 6.54 Å². The fourth-order valence-corrected chi connectivity index (χ4v) is 3.55. The van der Waals surface area contributed by atoms with Crippen molar-refractivity contribution >= 4 is 11.8 Å².